The summed E-state index contributed by atoms with van der Waals surface area (Å²) in [6.07, 6.45) is 3.40. The first-order valence-corrected chi connectivity index (χ1v) is 6.14. The number of carbonyl (C=O) groups excluding carboxylic acids is 1. The zero-order valence-corrected chi connectivity index (χ0v) is 10.7. The molecular formula is C15H20O. The van der Waals surface area contributed by atoms with Crippen LogP contribution in [0.2, 0.25) is 0 Å². The van der Waals surface area contributed by atoms with Crippen molar-refractivity contribution < 1.29 is 4.79 Å². The molecule has 1 fully saturated rings. The van der Waals surface area contributed by atoms with E-state index in [4.69, 9.17) is 0 Å². The van der Waals surface area contributed by atoms with E-state index in [1.54, 1.807) is 0 Å². The summed E-state index contributed by atoms with van der Waals surface area (Å²) in [5.74, 6) is 0.687. The van der Waals surface area contributed by atoms with Crippen LogP contribution < -0.4 is 0 Å². The van der Waals surface area contributed by atoms with Crippen molar-refractivity contribution in [1.29, 1.82) is 0 Å². The van der Waals surface area contributed by atoms with Crippen LogP contribution >= 0.6 is 0 Å². The molecule has 0 atom stereocenters. The van der Waals surface area contributed by atoms with Gasteiger partial charge in [-0.15, -0.1) is 0 Å². The predicted octanol–water partition coefficient (Wildman–Crippen LogP) is 3.90. The van der Waals surface area contributed by atoms with E-state index < -0.39 is 0 Å². The summed E-state index contributed by atoms with van der Waals surface area (Å²) < 4.78 is 0. The predicted molar refractivity (Wildman–Crippen MR) is 67.1 cm³/mol. The van der Waals surface area contributed by atoms with Gasteiger partial charge < -0.3 is 0 Å². The smallest absolute Gasteiger partial charge is 0.166 e. The lowest BCUT2D eigenvalue weighted by Crippen LogP contribution is -2.24. The molecule has 0 heterocycles. The minimum Gasteiger partial charge on any atom is -0.294 e. The van der Waals surface area contributed by atoms with E-state index in [1.807, 2.05) is 0 Å². The van der Waals surface area contributed by atoms with Gasteiger partial charge in [0, 0.05) is 11.5 Å². The van der Waals surface area contributed by atoms with Gasteiger partial charge in [0.15, 0.2) is 5.78 Å². The highest BCUT2D eigenvalue weighted by Crippen LogP contribution is 2.33. The lowest BCUT2D eigenvalue weighted by Gasteiger charge is -2.26. The molecule has 16 heavy (non-hydrogen) atoms. The number of benzene rings is 1. The molecule has 0 radical (unpaired) electrons. The van der Waals surface area contributed by atoms with Crippen LogP contribution in [0, 0.1) is 33.6 Å². The molecule has 0 bridgehead atoms. The maximum absolute atomic E-state index is 12.4. The second-order valence-electron chi connectivity index (χ2n) is 5.13. The Morgan fingerprint density at radius 2 is 1.56 bits per heavy atom. The van der Waals surface area contributed by atoms with Crippen LogP contribution in [0.25, 0.3) is 0 Å². The van der Waals surface area contributed by atoms with Gasteiger partial charge in [0.05, 0.1) is 0 Å². The van der Waals surface area contributed by atoms with Gasteiger partial charge in [0.1, 0.15) is 0 Å². The number of hydrogen-bond acceptors (Lipinski definition) is 1. The normalized spacial score (nSPS) is 16.0. The van der Waals surface area contributed by atoms with E-state index >= 15 is 0 Å². The van der Waals surface area contributed by atoms with E-state index in [0.717, 1.165) is 18.4 Å². The zero-order valence-electron chi connectivity index (χ0n) is 10.7. The van der Waals surface area contributed by atoms with Crippen LogP contribution in [-0.4, -0.2) is 5.78 Å². The van der Waals surface area contributed by atoms with Crippen molar-refractivity contribution in [2.45, 2.75) is 47.0 Å². The lowest BCUT2D eigenvalue weighted by molar-refractivity contribution is 0.0853. The van der Waals surface area contributed by atoms with Gasteiger partial charge in [0.25, 0.3) is 0 Å². The average Bonchev–Trinajstić information content (AvgIpc) is 2.12. The Balaban J connectivity index is 2.49. The van der Waals surface area contributed by atoms with Crippen molar-refractivity contribution in [2.24, 2.45) is 5.92 Å². The average molecular weight is 216 g/mol. The maximum atomic E-state index is 12.4. The van der Waals surface area contributed by atoms with Crippen LogP contribution in [0.1, 0.15) is 51.9 Å². The molecule has 1 aliphatic carbocycles. The molecule has 86 valence electrons. The Morgan fingerprint density at radius 3 is 1.94 bits per heavy atom. The molecule has 1 aromatic carbocycles. The summed E-state index contributed by atoms with van der Waals surface area (Å²) in [5, 5.41) is 0. The third-order valence-corrected chi connectivity index (χ3v) is 4.09. The topological polar surface area (TPSA) is 17.1 Å². The molecule has 1 aliphatic rings. The fourth-order valence-electron chi connectivity index (χ4n) is 2.46. The molecule has 0 amide bonds. The number of rotatable bonds is 2. The van der Waals surface area contributed by atoms with Crippen molar-refractivity contribution in [1.82, 2.24) is 0 Å². The third kappa shape index (κ3) is 1.68. The SMILES string of the molecule is Cc1cc(C)c(C)c(C(=O)C2CCC2)c1C. The number of hydrogen-bond donors (Lipinski definition) is 0. The summed E-state index contributed by atoms with van der Waals surface area (Å²) in [4.78, 5) is 12.4. The highest BCUT2D eigenvalue weighted by molar-refractivity contribution is 6.01. The molecule has 1 aromatic rings. The largest absolute Gasteiger partial charge is 0.294 e. The Labute approximate surface area is 97.9 Å². The first kappa shape index (κ1) is 11.4. The molecule has 0 spiro atoms. The fourth-order valence-corrected chi connectivity index (χ4v) is 2.46. The Morgan fingerprint density at radius 1 is 1.06 bits per heavy atom. The van der Waals surface area contributed by atoms with Crippen LogP contribution in [0.3, 0.4) is 0 Å². The molecule has 1 saturated carbocycles. The van der Waals surface area contributed by atoms with E-state index in [9.17, 15) is 4.79 Å². The highest BCUT2D eigenvalue weighted by Gasteiger charge is 2.28. The lowest BCUT2D eigenvalue weighted by atomic mass is 9.77. The van der Waals surface area contributed by atoms with E-state index in [-0.39, 0.29) is 0 Å². The second kappa shape index (κ2) is 4.04. The standard InChI is InChI=1S/C15H20O/c1-9-8-10(2)12(4)14(11(9)3)15(16)13-6-5-7-13/h8,13H,5-7H2,1-4H3. The zero-order chi connectivity index (χ0) is 11.9. The summed E-state index contributed by atoms with van der Waals surface area (Å²) in [6.45, 7) is 8.35. The molecule has 1 nitrogen and oxygen atoms in total. The van der Waals surface area contributed by atoms with Crippen molar-refractivity contribution in [2.75, 3.05) is 0 Å². The Kier molecular flexibility index (Phi) is 2.88. The van der Waals surface area contributed by atoms with Gasteiger partial charge in [-0.1, -0.05) is 12.5 Å². The van der Waals surface area contributed by atoms with Crippen molar-refractivity contribution >= 4 is 5.78 Å². The number of Topliss-reactive ketones (excluding diaryl/α,β-unsaturated/α-hetero) is 1. The van der Waals surface area contributed by atoms with Gasteiger partial charge in [-0.25, -0.2) is 0 Å². The second-order valence-corrected chi connectivity index (χ2v) is 5.13. The minimum atomic E-state index is 0.304. The monoisotopic (exact) mass is 216 g/mol. The molecule has 0 saturated heterocycles. The van der Waals surface area contributed by atoms with Gasteiger partial charge in [-0.3, -0.25) is 4.79 Å². The summed E-state index contributed by atoms with van der Waals surface area (Å²) in [5.41, 5.74) is 5.85. The molecule has 1 heteroatoms. The number of aryl methyl sites for hydroxylation is 2. The molecule has 0 aliphatic heterocycles. The quantitative estimate of drug-likeness (QED) is 0.685. The van der Waals surface area contributed by atoms with Gasteiger partial charge >= 0.3 is 0 Å². The third-order valence-electron chi connectivity index (χ3n) is 4.09. The van der Waals surface area contributed by atoms with Crippen molar-refractivity contribution in [3.05, 3.63) is 33.9 Å². The molecular weight excluding hydrogens is 196 g/mol. The minimum absolute atomic E-state index is 0.304. The summed E-state index contributed by atoms with van der Waals surface area (Å²) >= 11 is 0. The highest BCUT2D eigenvalue weighted by atomic mass is 16.1. The molecule has 0 unspecified atom stereocenters. The molecule has 2 rings (SSSR count). The molecule has 0 N–H and O–H groups in total. The summed E-state index contributed by atoms with van der Waals surface area (Å²) in [6, 6.07) is 2.18. The van der Waals surface area contributed by atoms with Gasteiger partial charge in [-0.05, 0) is 62.8 Å². The van der Waals surface area contributed by atoms with Crippen LogP contribution in [0.15, 0.2) is 6.07 Å². The van der Waals surface area contributed by atoms with Crippen LogP contribution in [0.4, 0.5) is 0 Å². The Hall–Kier alpha value is -1.11. The fraction of sp³-hybridized carbons (Fsp3) is 0.533. The Bertz CT molecular complexity index is 413. The van der Waals surface area contributed by atoms with Gasteiger partial charge in [-0.2, -0.15) is 0 Å². The molecule has 0 aromatic heterocycles. The summed E-state index contributed by atoms with van der Waals surface area (Å²) in [7, 11) is 0. The first-order chi connectivity index (χ1) is 7.52. The van der Waals surface area contributed by atoms with E-state index in [2.05, 4.69) is 33.8 Å². The van der Waals surface area contributed by atoms with E-state index in [0.29, 0.717) is 11.7 Å². The number of carbonyl (C=O) groups is 1. The van der Waals surface area contributed by atoms with Crippen molar-refractivity contribution in [3.8, 4) is 0 Å². The van der Waals surface area contributed by atoms with Crippen LogP contribution in [-0.2, 0) is 0 Å². The van der Waals surface area contributed by atoms with Crippen LogP contribution in [0.5, 0.6) is 0 Å². The van der Waals surface area contributed by atoms with Gasteiger partial charge in [0.2, 0.25) is 0 Å². The van der Waals surface area contributed by atoms with Crippen molar-refractivity contribution in [3.63, 3.8) is 0 Å². The maximum Gasteiger partial charge on any atom is 0.166 e. The number of ketones is 1. The van der Waals surface area contributed by atoms with E-state index in [1.165, 1.54) is 28.7 Å². The first-order valence-electron chi connectivity index (χ1n) is 6.14.